The number of carboxylic acid groups (broad SMARTS) is 1. The third kappa shape index (κ3) is 11.0. The Kier molecular flexibility index (Phi) is 13.8. The predicted molar refractivity (Wildman–Crippen MR) is 212 cm³/mol. The Bertz CT molecular complexity index is 1740. The van der Waals surface area contributed by atoms with Gasteiger partial charge in [0.15, 0.2) is 6.29 Å². The van der Waals surface area contributed by atoms with E-state index < -0.39 is 12.3 Å². The van der Waals surface area contributed by atoms with E-state index in [0.29, 0.717) is 50.7 Å². The first-order valence-corrected chi connectivity index (χ1v) is 20.2. The molecular formula is C45H59N3O7. The van der Waals surface area contributed by atoms with E-state index in [1.807, 2.05) is 81.4 Å². The molecule has 2 aliphatic heterocycles. The minimum atomic E-state index is -0.847. The van der Waals surface area contributed by atoms with Gasteiger partial charge in [0.2, 0.25) is 11.8 Å². The summed E-state index contributed by atoms with van der Waals surface area (Å²) in [6.45, 7) is 7.11. The number of hydrogen-bond donors (Lipinski definition) is 4. The molecule has 0 bridgehead atoms. The summed E-state index contributed by atoms with van der Waals surface area (Å²) >= 11 is 0. The summed E-state index contributed by atoms with van der Waals surface area (Å²) in [5.74, 6) is -0.248. The first-order chi connectivity index (χ1) is 26.5. The fourth-order valence-corrected chi connectivity index (χ4v) is 8.62. The van der Waals surface area contributed by atoms with Crippen LogP contribution in [0.2, 0.25) is 0 Å². The van der Waals surface area contributed by atoms with Crippen molar-refractivity contribution in [1.29, 1.82) is 0 Å². The maximum absolute atomic E-state index is 13.8. The molecule has 4 N–H and O–H groups in total. The monoisotopic (exact) mass is 753 g/mol. The molecule has 2 heterocycles. The number of benzene rings is 3. The fourth-order valence-electron chi connectivity index (χ4n) is 8.62. The lowest BCUT2D eigenvalue weighted by molar-refractivity contribution is -0.255. The number of aliphatic carboxylic acids is 1. The van der Waals surface area contributed by atoms with Crippen molar-refractivity contribution in [2.24, 2.45) is 5.92 Å². The van der Waals surface area contributed by atoms with Gasteiger partial charge >= 0.3 is 5.97 Å². The number of aliphatic hydroxyl groups is 1. The normalized spacial score (nSPS) is 24.4. The number of unbranched alkanes of at least 4 members (excludes halogenated alkanes) is 1. The summed E-state index contributed by atoms with van der Waals surface area (Å²) < 4.78 is 13.6. The number of rotatable bonds is 14. The maximum atomic E-state index is 13.8. The van der Waals surface area contributed by atoms with Crippen LogP contribution in [-0.2, 0) is 37.0 Å². The van der Waals surface area contributed by atoms with Crippen LogP contribution in [0.15, 0.2) is 72.8 Å². The van der Waals surface area contributed by atoms with E-state index in [9.17, 15) is 19.5 Å². The number of likely N-dealkylation sites (tertiary alicyclic amines) is 1. The first kappa shape index (κ1) is 40.6. The summed E-state index contributed by atoms with van der Waals surface area (Å²) in [6, 6.07) is 24.3. The zero-order chi connectivity index (χ0) is 39.0. The fraction of sp³-hybridized carbons (Fsp3) is 0.533. The van der Waals surface area contributed by atoms with E-state index in [1.54, 1.807) is 0 Å². The second-order valence-corrected chi connectivity index (χ2v) is 16.6. The summed E-state index contributed by atoms with van der Waals surface area (Å²) in [5, 5.41) is 24.8. The second-order valence-electron chi connectivity index (χ2n) is 16.6. The van der Waals surface area contributed by atoms with Gasteiger partial charge in [-0.2, -0.15) is 0 Å². The minimum absolute atomic E-state index is 0.0217. The standard InChI is InChI=1S/C45H59N3O7/c1-45(2,3)47-43(53)39-25-24-32-10-5-7-13-38(32)48(39)28-36-26-40(33-18-16-30(29-49)17-19-33)55-44(54-36)34-22-20-31(21-23-34)37-12-6-4-11-35(37)27-46-41(50)14-8-9-15-42(51)52/h4,6,11-12,16-23,32,36,38-40,44,49H,5,7-10,13-15,24-29H2,1-3H3,(H,46,50)(H,47,53)(H,51,52)/t32-,36+,38-,39-,40-,44-/m1/s1. The molecule has 6 rings (SSSR count). The number of nitrogens with zero attached hydrogens (tertiary/aromatic N) is 1. The van der Waals surface area contributed by atoms with Gasteiger partial charge in [-0.25, -0.2) is 0 Å². The van der Waals surface area contributed by atoms with Crippen LogP contribution in [0.3, 0.4) is 0 Å². The van der Waals surface area contributed by atoms with Crippen molar-refractivity contribution in [1.82, 2.24) is 15.5 Å². The number of piperidine rings is 1. The highest BCUT2D eigenvalue weighted by Gasteiger charge is 2.44. The Morgan fingerprint density at radius 1 is 0.836 bits per heavy atom. The second kappa shape index (κ2) is 18.7. The molecule has 3 aromatic carbocycles. The highest BCUT2D eigenvalue weighted by molar-refractivity contribution is 5.82. The van der Waals surface area contributed by atoms with Crippen LogP contribution in [0.4, 0.5) is 0 Å². The van der Waals surface area contributed by atoms with Crippen LogP contribution in [0.25, 0.3) is 11.1 Å². The minimum Gasteiger partial charge on any atom is -0.481 e. The number of amides is 2. The van der Waals surface area contributed by atoms with Crippen molar-refractivity contribution in [3.63, 3.8) is 0 Å². The Balaban J connectivity index is 1.21. The van der Waals surface area contributed by atoms with Gasteiger partial charge in [-0.1, -0.05) is 85.6 Å². The molecule has 2 saturated heterocycles. The lowest BCUT2D eigenvalue weighted by Crippen LogP contribution is -2.61. The van der Waals surface area contributed by atoms with Crippen molar-refractivity contribution in [3.05, 3.63) is 95.1 Å². The third-order valence-corrected chi connectivity index (χ3v) is 11.4. The van der Waals surface area contributed by atoms with Crippen LogP contribution >= 0.6 is 0 Å². The number of carboxylic acids is 1. The van der Waals surface area contributed by atoms with Crippen molar-refractivity contribution in [2.45, 2.75) is 141 Å². The number of hydrogen-bond acceptors (Lipinski definition) is 7. The Hall–Kier alpha value is -4.09. The molecule has 296 valence electrons. The molecule has 1 saturated carbocycles. The Morgan fingerprint density at radius 3 is 2.27 bits per heavy atom. The van der Waals surface area contributed by atoms with E-state index in [0.717, 1.165) is 52.6 Å². The number of ether oxygens (including phenoxy) is 2. The smallest absolute Gasteiger partial charge is 0.303 e. The average Bonchev–Trinajstić information content (AvgIpc) is 3.18. The molecule has 1 aliphatic carbocycles. The molecule has 3 fully saturated rings. The molecule has 3 aromatic rings. The number of carbonyl (C=O) groups is 3. The van der Waals surface area contributed by atoms with Crippen molar-refractivity contribution in [2.75, 3.05) is 6.54 Å². The topological polar surface area (TPSA) is 137 Å². The highest BCUT2D eigenvalue weighted by atomic mass is 16.7. The van der Waals surface area contributed by atoms with Crippen molar-refractivity contribution >= 4 is 17.8 Å². The summed E-state index contributed by atoms with van der Waals surface area (Å²) in [5.41, 5.74) is 5.46. The lowest BCUT2D eigenvalue weighted by Gasteiger charge is -2.50. The summed E-state index contributed by atoms with van der Waals surface area (Å²) in [4.78, 5) is 39.6. The molecular weight excluding hydrogens is 695 g/mol. The molecule has 0 radical (unpaired) electrons. The Morgan fingerprint density at radius 2 is 1.55 bits per heavy atom. The van der Waals surface area contributed by atoms with Crippen LogP contribution in [0, 0.1) is 5.92 Å². The molecule has 0 unspecified atom stereocenters. The number of aliphatic hydroxyl groups excluding tert-OH is 1. The number of fused-ring (bicyclic) bond motifs is 1. The van der Waals surface area contributed by atoms with Gasteiger partial charge in [0.25, 0.3) is 0 Å². The quantitative estimate of drug-likeness (QED) is 0.124. The van der Waals surface area contributed by atoms with E-state index in [1.165, 1.54) is 19.3 Å². The number of nitrogens with one attached hydrogen (secondary N) is 2. The molecule has 6 atom stereocenters. The molecule has 10 heteroatoms. The summed E-state index contributed by atoms with van der Waals surface area (Å²) in [6.07, 6.45) is 7.65. The third-order valence-electron chi connectivity index (χ3n) is 11.4. The largest absolute Gasteiger partial charge is 0.481 e. The van der Waals surface area contributed by atoms with Crippen LogP contribution in [-0.4, -0.2) is 63.2 Å². The molecule has 55 heavy (non-hydrogen) atoms. The van der Waals surface area contributed by atoms with E-state index in [-0.39, 0.29) is 48.6 Å². The highest BCUT2D eigenvalue weighted by Crippen LogP contribution is 2.42. The van der Waals surface area contributed by atoms with Crippen molar-refractivity contribution < 1.29 is 34.1 Å². The summed E-state index contributed by atoms with van der Waals surface area (Å²) in [7, 11) is 0. The van der Waals surface area contributed by atoms with E-state index in [2.05, 4.69) is 27.7 Å². The van der Waals surface area contributed by atoms with Gasteiger partial charge in [-0.3, -0.25) is 19.3 Å². The lowest BCUT2D eigenvalue weighted by atomic mass is 9.75. The van der Waals surface area contributed by atoms with Gasteiger partial charge in [0.05, 0.1) is 24.9 Å². The van der Waals surface area contributed by atoms with Crippen LogP contribution < -0.4 is 10.6 Å². The molecule has 3 aliphatic rings. The van der Waals surface area contributed by atoms with Crippen molar-refractivity contribution in [3.8, 4) is 11.1 Å². The van der Waals surface area contributed by atoms with Gasteiger partial charge in [-0.15, -0.1) is 0 Å². The molecule has 10 nitrogen and oxygen atoms in total. The van der Waals surface area contributed by atoms with Crippen LogP contribution in [0.5, 0.6) is 0 Å². The number of carbonyl (C=O) groups excluding carboxylic acids is 2. The average molecular weight is 754 g/mol. The first-order valence-electron chi connectivity index (χ1n) is 20.2. The molecule has 0 aromatic heterocycles. The Labute approximate surface area is 326 Å². The molecule has 0 spiro atoms. The van der Waals surface area contributed by atoms with E-state index in [4.69, 9.17) is 14.6 Å². The van der Waals surface area contributed by atoms with E-state index >= 15 is 0 Å². The predicted octanol–water partition coefficient (Wildman–Crippen LogP) is 7.59. The van der Waals surface area contributed by atoms with Gasteiger partial charge in [-0.05, 0) is 93.0 Å². The van der Waals surface area contributed by atoms with Gasteiger partial charge < -0.3 is 30.3 Å². The molecule has 2 amide bonds. The maximum Gasteiger partial charge on any atom is 0.303 e. The van der Waals surface area contributed by atoms with Gasteiger partial charge in [0.1, 0.15) is 0 Å². The zero-order valence-corrected chi connectivity index (χ0v) is 32.7. The van der Waals surface area contributed by atoms with Crippen LogP contribution in [0.1, 0.15) is 126 Å². The van der Waals surface area contributed by atoms with Gasteiger partial charge in [0, 0.05) is 49.5 Å². The zero-order valence-electron chi connectivity index (χ0n) is 32.7. The SMILES string of the molecule is CC(C)(C)NC(=O)[C@H]1CC[C@H]2CCCC[C@H]2N1C[C@@H]1C[C@H](c2ccc(CO)cc2)O[C@H](c2ccc(-c3ccccc3CNC(=O)CCCCC(=O)O)cc2)O1.